The molecule has 138 valence electrons. The zero-order valence-corrected chi connectivity index (χ0v) is 15.5. The standard InChI is InChI=1S/C21H27N3O2/c1-26-15-5-13-23-12-4-10-21(20(23)25)11-14-24(16-21)19-9-8-17-6-2-3-7-18(17)22-19/h2-3,6-9H,4-5,10-16H2,1H3/t21-/m1/s1. The molecule has 0 bridgehead atoms. The van der Waals surface area contributed by atoms with Gasteiger partial charge in [-0.05, 0) is 43.9 Å². The van der Waals surface area contributed by atoms with Gasteiger partial charge < -0.3 is 14.5 Å². The number of carbonyl (C=O) groups excluding carboxylic acids is 1. The molecule has 0 radical (unpaired) electrons. The number of amides is 1. The van der Waals surface area contributed by atoms with Crippen molar-refractivity contribution >= 4 is 22.6 Å². The fourth-order valence-corrected chi connectivity index (χ4v) is 4.44. The first-order valence-corrected chi connectivity index (χ1v) is 9.61. The molecule has 0 unspecified atom stereocenters. The summed E-state index contributed by atoms with van der Waals surface area (Å²) in [6.45, 7) is 4.10. The number of para-hydroxylation sites is 1. The lowest BCUT2D eigenvalue weighted by Crippen LogP contribution is -2.50. The van der Waals surface area contributed by atoms with Gasteiger partial charge in [-0.1, -0.05) is 18.2 Å². The number of rotatable bonds is 5. The van der Waals surface area contributed by atoms with Crippen molar-refractivity contribution in [2.45, 2.75) is 25.7 Å². The van der Waals surface area contributed by atoms with E-state index in [4.69, 9.17) is 9.72 Å². The molecule has 2 aliphatic rings. The first kappa shape index (κ1) is 17.3. The van der Waals surface area contributed by atoms with Gasteiger partial charge in [0.2, 0.25) is 5.91 Å². The quantitative estimate of drug-likeness (QED) is 0.775. The number of hydrogen-bond donors (Lipinski definition) is 0. The highest BCUT2D eigenvalue weighted by atomic mass is 16.5. The smallest absolute Gasteiger partial charge is 0.230 e. The highest BCUT2D eigenvalue weighted by Gasteiger charge is 2.48. The Labute approximate surface area is 154 Å². The predicted molar refractivity (Wildman–Crippen MR) is 103 cm³/mol. The molecule has 1 spiro atoms. The second-order valence-electron chi connectivity index (χ2n) is 7.56. The van der Waals surface area contributed by atoms with E-state index in [2.05, 4.69) is 28.0 Å². The Kier molecular flexibility index (Phi) is 4.81. The molecule has 5 nitrogen and oxygen atoms in total. The van der Waals surface area contributed by atoms with Crippen molar-refractivity contribution in [1.29, 1.82) is 0 Å². The minimum atomic E-state index is -0.224. The molecule has 2 saturated heterocycles. The lowest BCUT2D eigenvalue weighted by Gasteiger charge is -2.39. The van der Waals surface area contributed by atoms with Crippen LogP contribution in [-0.2, 0) is 9.53 Å². The van der Waals surface area contributed by atoms with Crippen LogP contribution in [0.15, 0.2) is 36.4 Å². The summed E-state index contributed by atoms with van der Waals surface area (Å²) < 4.78 is 5.14. The van der Waals surface area contributed by atoms with Crippen LogP contribution in [0.25, 0.3) is 10.9 Å². The van der Waals surface area contributed by atoms with Crippen LogP contribution >= 0.6 is 0 Å². The van der Waals surface area contributed by atoms with Gasteiger partial charge in [-0.25, -0.2) is 4.98 Å². The summed E-state index contributed by atoms with van der Waals surface area (Å²) in [7, 11) is 1.71. The zero-order chi connectivity index (χ0) is 18.0. The minimum Gasteiger partial charge on any atom is -0.385 e. The van der Waals surface area contributed by atoms with Crippen LogP contribution in [-0.4, -0.2) is 55.7 Å². The Hall–Kier alpha value is -2.14. The van der Waals surface area contributed by atoms with Crippen LogP contribution in [0, 0.1) is 5.41 Å². The number of nitrogens with zero attached hydrogens (tertiary/aromatic N) is 3. The summed E-state index contributed by atoms with van der Waals surface area (Å²) in [6, 6.07) is 12.4. The third-order valence-corrected chi connectivity index (χ3v) is 5.86. The summed E-state index contributed by atoms with van der Waals surface area (Å²) >= 11 is 0. The first-order chi connectivity index (χ1) is 12.7. The van der Waals surface area contributed by atoms with Crippen LogP contribution < -0.4 is 4.90 Å². The number of pyridine rings is 1. The lowest BCUT2D eigenvalue weighted by atomic mass is 9.78. The van der Waals surface area contributed by atoms with E-state index in [0.29, 0.717) is 12.5 Å². The number of piperidine rings is 1. The summed E-state index contributed by atoms with van der Waals surface area (Å²) in [5, 5.41) is 1.16. The van der Waals surface area contributed by atoms with E-state index in [1.54, 1.807) is 7.11 Å². The van der Waals surface area contributed by atoms with Crippen LogP contribution in [0.2, 0.25) is 0 Å². The van der Waals surface area contributed by atoms with Gasteiger partial charge in [0.05, 0.1) is 10.9 Å². The van der Waals surface area contributed by atoms with Gasteiger partial charge in [0.1, 0.15) is 5.82 Å². The van der Waals surface area contributed by atoms with Gasteiger partial charge in [0, 0.05) is 45.3 Å². The zero-order valence-electron chi connectivity index (χ0n) is 15.5. The van der Waals surface area contributed by atoms with Crippen molar-refractivity contribution in [2.75, 3.05) is 44.8 Å². The normalized spacial score (nSPS) is 23.3. The van der Waals surface area contributed by atoms with Crippen LogP contribution in [0.1, 0.15) is 25.7 Å². The molecular weight excluding hydrogens is 326 g/mol. The second-order valence-corrected chi connectivity index (χ2v) is 7.56. The van der Waals surface area contributed by atoms with Gasteiger partial charge in [-0.15, -0.1) is 0 Å². The number of methoxy groups -OCH3 is 1. The van der Waals surface area contributed by atoms with Crippen LogP contribution in [0.3, 0.4) is 0 Å². The molecule has 1 aromatic heterocycles. The number of hydrogen-bond acceptors (Lipinski definition) is 4. The Morgan fingerprint density at radius 1 is 1.15 bits per heavy atom. The molecule has 0 aliphatic carbocycles. The number of carbonyl (C=O) groups is 1. The summed E-state index contributed by atoms with van der Waals surface area (Å²) in [5.41, 5.74) is 0.792. The molecule has 3 heterocycles. The number of ether oxygens (including phenoxy) is 1. The molecule has 2 aromatic rings. The molecule has 1 amide bonds. The Balaban J connectivity index is 1.50. The van der Waals surface area contributed by atoms with Crippen molar-refractivity contribution in [1.82, 2.24) is 9.88 Å². The van der Waals surface area contributed by atoms with Gasteiger partial charge in [-0.2, -0.15) is 0 Å². The molecule has 0 N–H and O–H groups in total. The number of aromatic nitrogens is 1. The third kappa shape index (κ3) is 3.16. The summed E-state index contributed by atoms with van der Waals surface area (Å²) in [4.78, 5) is 22.3. The van der Waals surface area contributed by atoms with Gasteiger partial charge in [-0.3, -0.25) is 4.79 Å². The average Bonchev–Trinajstić information content (AvgIpc) is 3.10. The van der Waals surface area contributed by atoms with Crippen molar-refractivity contribution in [2.24, 2.45) is 5.41 Å². The highest BCUT2D eigenvalue weighted by Crippen LogP contribution is 2.41. The van der Waals surface area contributed by atoms with Gasteiger partial charge >= 0.3 is 0 Å². The van der Waals surface area contributed by atoms with Gasteiger partial charge in [0.25, 0.3) is 0 Å². The average molecular weight is 353 g/mol. The fraction of sp³-hybridized carbons (Fsp3) is 0.524. The van der Waals surface area contributed by atoms with Crippen LogP contribution in [0.5, 0.6) is 0 Å². The monoisotopic (exact) mass is 353 g/mol. The molecule has 2 aliphatic heterocycles. The molecule has 4 rings (SSSR count). The number of benzene rings is 1. The molecule has 1 atom stereocenters. The lowest BCUT2D eigenvalue weighted by molar-refractivity contribution is -0.145. The van der Waals surface area contributed by atoms with Crippen molar-refractivity contribution in [3.63, 3.8) is 0 Å². The van der Waals surface area contributed by atoms with Crippen molar-refractivity contribution < 1.29 is 9.53 Å². The molecule has 5 heteroatoms. The Morgan fingerprint density at radius 3 is 2.92 bits per heavy atom. The number of anilines is 1. The predicted octanol–water partition coefficient (Wildman–Crippen LogP) is 3.09. The maximum Gasteiger partial charge on any atom is 0.230 e. The van der Waals surface area contributed by atoms with E-state index in [-0.39, 0.29) is 5.41 Å². The Morgan fingerprint density at radius 2 is 2.04 bits per heavy atom. The number of likely N-dealkylation sites (tertiary alicyclic amines) is 1. The van der Waals surface area contributed by atoms with E-state index in [1.165, 1.54) is 0 Å². The minimum absolute atomic E-state index is 0.224. The second kappa shape index (κ2) is 7.23. The van der Waals surface area contributed by atoms with Crippen LogP contribution in [0.4, 0.5) is 5.82 Å². The third-order valence-electron chi connectivity index (χ3n) is 5.86. The number of fused-ring (bicyclic) bond motifs is 1. The molecule has 0 saturated carbocycles. The molecule has 1 aromatic carbocycles. The van der Waals surface area contributed by atoms with E-state index in [0.717, 1.165) is 68.6 Å². The summed E-state index contributed by atoms with van der Waals surface area (Å²) in [5.74, 6) is 1.33. The van der Waals surface area contributed by atoms with E-state index in [1.807, 2.05) is 18.2 Å². The van der Waals surface area contributed by atoms with E-state index >= 15 is 0 Å². The van der Waals surface area contributed by atoms with Gasteiger partial charge in [0.15, 0.2) is 0 Å². The largest absolute Gasteiger partial charge is 0.385 e. The maximum atomic E-state index is 13.2. The van der Waals surface area contributed by atoms with Crippen molar-refractivity contribution in [3.8, 4) is 0 Å². The first-order valence-electron chi connectivity index (χ1n) is 9.61. The summed E-state index contributed by atoms with van der Waals surface area (Å²) in [6.07, 6.45) is 3.93. The highest BCUT2D eigenvalue weighted by molar-refractivity contribution is 5.85. The topological polar surface area (TPSA) is 45.7 Å². The molecular formula is C21H27N3O2. The fourth-order valence-electron chi connectivity index (χ4n) is 4.44. The molecule has 26 heavy (non-hydrogen) atoms. The molecule has 2 fully saturated rings. The SMILES string of the molecule is COCCCN1CCC[C@]2(CCN(c3ccc4ccccc4n3)C2)C1=O. The van der Waals surface area contributed by atoms with E-state index < -0.39 is 0 Å². The Bertz CT molecular complexity index is 794. The van der Waals surface area contributed by atoms with Crippen molar-refractivity contribution in [3.05, 3.63) is 36.4 Å². The maximum absolute atomic E-state index is 13.2. The van der Waals surface area contributed by atoms with E-state index in [9.17, 15) is 4.79 Å².